The summed E-state index contributed by atoms with van der Waals surface area (Å²) in [6.45, 7) is 12.6. The number of carbonyl (C=O) groups is 5. The molecule has 11 heteroatoms. The zero-order chi connectivity index (χ0) is 44.6. The summed E-state index contributed by atoms with van der Waals surface area (Å²) in [4.78, 5) is 66.7. The molecule has 1 N–H and O–H groups in total. The fourth-order valence-electron chi connectivity index (χ4n) is 8.03. The molecular weight excluding hydrogens is 771 g/mol. The summed E-state index contributed by atoms with van der Waals surface area (Å²) < 4.78 is 17.3. The highest BCUT2D eigenvalue weighted by molar-refractivity contribution is 5.81. The number of Topliss-reactive ketones (excluding diaryl/α,β-unsaturated/α-hetero) is 1. The Balaban J connectivity index is 2.41. The molecule has 0 bridgehead atoms. The van der Waals surface area contributed by atoms with Crippen LogP contribution in [0.15, 0.2) is 0 Å². The van der Waals surface area contributed by atoms with Gasteiger partial charge in [-0.25, -0.2) is 0 Å². The van der Waals surface area contributed by atoms with E-state index >= 15 is 0 Å². The van der Waals surface area contributed by atoms with Crippen molar-refractivity contribution in [1.29, 1.82) is 0 Å². The second kappa shape index (κ2) is 40.3. The molecule has 1 saturated heterocycles. The van der Waals surface area contributed by atoms with Crippen LogP contribution >= 0.6 is 0 Å². The first-order valence-corrected chi connectivity index (χ1v) is 25.5. The van der Waals surface area contributed by atoms with Crippen LogP contribution in [-0.4, -0.2) is 105 Å². The van der Waals surface area contributed by atoms with Crippen molar-refractivity contribution in [2.24, 2.45) is 5.92 Å². The fourth-order valence-corrected chi connectivity index (χ4v) is 8.03. The number of ketones is 1. The minimum atomic E-state index is -0.667. The van der Waals surface area contributed by atoms with Crippen molar-refractivity contribution in [2.45, 2.75) is 226 Å². The van der Waals surface area contributed by atoms with Crippen LogP contribution in [-0.2, 0) is 38.2 Å². The highest BCUT2D eigenvalue weighted by Gasteiger charge is 2.25. The molecule has 0 aromatic carbocycles. The van der Waals surface area contributed by atoms with Crippen LogP contribution in [0.3, 0.4) is 0 Å². The van der Waals surface area contributed by atoms with E-state index in [-0.39, 0.29) is 48.7 Å². The van der Waals surface area contributed by atoms with E-state index in [0.29, 0.717) is 64.8 Å². The van der Waals surface area contributed by atoms with Gasteiger partial charge in [-0.3, -0.25) is 24.0 Å². The van der Waals surface area contributed by atoms with Gasteiger partial charge in [-0.2, -0.15) is 0 Å². The van der Waals surface area contributed by atoms with Gasteiger partial charge in [0.2, 0.25) is 11.8 Å². The molecule has 1 heterocycles. The van der Waals surface area contributed by atoms with E-state index in [1.165, 1.54) is 103 Å². The first-order chi connectivity index (χ1) is 29.7. The summed E-state index contributed by atoms with van der Waals surface area (Å²) in [5.41, 5.74) is 0. The molecule has 2 amide bonds. The van der Waals surface area contributed by atoms with Crippen LogP contribution in [0.1, 0.15) is 220 Å². The lowest BCUT2D eigenvalue weighted by atomic mass is 9.90. The molecule has 0 aromatic rings. The maximum atomic E-state index is 13.1. The van der Waals surface area contributed by atoms with Gasteiger partial charge in [0.25, 0.3) is 0 Å². The summed E-state index contributed by atoms with van der Waals surface area (Å²) >= 11 is 0. The molecule has 0 aliphatic carbocycles. The summed E-state index contributed by atoms with van der Waals surface area (Å²) in [5, 5.41) is 2.85. The normalized spacial score (nSPS) is 13.8. The van der Waals surface area contributed by atoms with Gasteiger partial charge in [-0.1, -0.05) is 156 Å². The Labute approximate surface area is 373 Å². The van der Waals surface area contributed by atoms with E-state index in [4.69, 9.17) is 14.2 Å². The molecule has 61 heavy (non-hydrogen) atoms. The molecule has 356 valence electrons. The number of nitrogens with one attached hydrogen (secondary N) is 1. The fraction of sp³-hybridized carbons (Fsp3) is 0.900. The van der Waals surface area contributed by atoms with Gasteiger partial charge >= 0.3 is 11.9 Å². The average molecular weight is 864 g/mol. The molecule has 1 rings (SSSR count). The summed E-state index contributed by atoms with van der Waals surface area (Å²) in [6, 6.07) is 0. The van der Waals surface area contributed by atoms with Gasteiger partial charge in [-0.15, -0.1) is 0 Å². The maximum absolute atomic E-state index is 13.1. The Morgan fingerprint density at radius 1 is 0.590 bits per heavy atom. The largest absolute Gasteiger partial charge is 0.462 e. The number of rotatable bonds is 42. The molecule has 1 aliphatic rings. The number of amides is 2. The molecule has 0 spiro atoms. The first-order valence-electron chi connectivity index (χ1n) is 25.5. The van der Waals surface area contributed by atoms with E-state index in [1.807, 2.05) is 18.7 Å². The third-order valence-electron chi connectivity index (χ3n) is 12.1. The molecule has 0 radical (unpaired) electrons. The number of esters is 2. The molecule has 1 unspecified atom stereocenters. The minimum Gasteiger partial charge on any atom is -0.462 e. The van der Waals surface area contributed by atoms with Crippen molar-refractivity contribution in [1.82, 2.24) is 15.1 Å². The van der Waals surface area contributed by atoms with Crippen LogP contribution in [0.2, 0.25) is 0 Å². The quantitative estimate of drug-likeness (QED) is 0.0470. The van der Waals surface area contributed by atoms with Gasteiger partial charge in [0, 0.05) is 70.8 Å². The third-order valence-corrected chi connectivity index (χ3v) is 12.1. The van der Waals surface area contributed by atoms with E-state index in [1.54, 1.807) is 0 Å². The maximum Gasteiger partial charge on any atom is 0.306 e. The topological polar surface area (TPSA) is 132 Å². The van der Waals surface area contributed by atoms with Crippen LogP contribution in [0.4, 0.5) is 0 Å². The summed E-state index contributed by atoms with van der Waals surface area (Å²) in [7, 11) is 0. The van der Waals surface area contributed by atoms with Gasteiger partial charge in [0.05, 0.1) is 6.61 Å². The Bertz CT molecular complexity index is 1110. The first kappa shape index (κ1) is 56.5. The number of nitrogens with zero attached hydrogens (tertiary/aromatic N) is 2. The molecule has 1 atom stereocenters. The average Bonchev–Trinajstić information content (AvgIpc) is 3.27. The Kier molecular flexibility index (Phi) is 37.3. The number of likely N-dealkylation sites (tertiary alicyclic amines) is 1. The Hall–Kier alpha value is -2.53. The molecule has 1 fully saturated rings. The van der Waals surface area contributed by atoms with Crippen LogP contribution in [0.25, 0.3) is 0 Å². The van der Waals surface area contributed by atoms with Crippen LogP contribution in [0, 0.1) is 5.92 Å². The van der Waals surface area contributed by atoms with E-state index in [2.05, 4.69) is 24.1 Å². The van der Waals surface area contributed by atoms with Gasteiger partial charge < -0.3 is 29.3 Å². The number of carbonyl (C=O) groups excluding carboxylic acids is 5. The van der Waals surface area contributed by atoms with Gasteiger partial charge in [-0.05, 0) is 45.2 Å². The highest BCUT2D eigenvalue weighted by atomic mass is 16.6. The number of hydrogen-bond donors (Lipinski definition) is 1. The van der Waals surface area contributed by atoms with E-state index in [0.717, 1.165) is 71.0 Å². The molecule has 0 saturated carbocycles. The van der Waals surface area contributed by atoms with Crippen molar-refractivity contribution in [3.05, 3.63) is 0 Å². The monoisotopic (exact) mass is 864 g/mol. The Morgan fingerprint density at radius 2 is 1.10 bits per heavy atom. The van der Waals surface area contributed by atoms with Crippen LogP contribution < -0.4 is 5.32 Å². The lowest BCUT2D eigenvalue weighted by molar-refractivity contribution is -0.163. The lowest BCUT2D eigenvalue weighted by Gasteiger charge is -2.33. The van der Waals surface area contributed by atoms with Crippen molar-refractivity contribution in [2.75, 3.05) is 59.1 Å². The molecular formula is C50H93N3O8. The number of unbranched alkanes of at least 4 members (excludes halogenated alkanes) is 20. The number of hydrogen-bond acceptors (Lipinski definition) is 9. The number of piperidine rings is 1. The predicted octanol–water partition coefficient (Wildman–Crippen LogP) is 10.7. The molecule has 0 aromatic heterocycles. The SMILES string of the molecule is CCCCCCCCCCCCCC(=O)OCC(COCCCC(=O)C1CCN(CCN(CCNC(=O)CC)C(=O)CC)CC1)OC(=O)CCCCCCCCCCCCC. The minimum absolute atomic E-state index is 0.0141. The van der Waals surface area contributed by atoms with Gasteiger partial charge in [0.15, 0.2) is 6.10 Å². The standard InChI is InChI=1S/C50H93N3O8/c1-5-9-11-13-15-17-19-21-23-25-27-31-49(57)60-43-45(61-50(58)32-28-26-24-22-20-18-16-14-12-10-6-2)42-59-41-29-30-46(54)44-33-36-52(37-34-44)39-40-53(48(56)8-4)38-35-51-47(55)7-3/h44-45H,5-43H2,1-4H3,(H,51,55). The molecule has 1 aliphatic heterocycles. The van der Waals surface area contributed by atoms with E-state index in [9.17, 15) is 24.0 Å². The lowest BCUT2D eigenvalue weighted by Crippen LogP contribution is -2.44. The second-order valence-corrected chi connectivity index (χ2v) is 17.6. The highest BCUT2D eigenvalue weighted by Crippen LogP contribution is 2.20. The summed E-state index contributed by atoms with van der Waals surface area (Å²) in [5.74, 6) is -0.194. The second-order valence-electron chi connectivity index (χ2n) is 17.6. The zero-order valence-corrected chi connectivity index (χ0v) is 39.9. The zero-order valence-electron chi connectivity index (χ0n) is 39.9. The van der Waals surface area contributed by atoms with Crippen molar-refractivity contribution in [3.63, 3.8) is 0 Å². The van der Waals surface area contributed by atoms with Gasteiger partial charge in [0.1, 0.15) is 12.4 Å². The Morgan fingerprint density at radius 3 is 1.61 bits per heavy atom. The molecule has 11 nitrogen and oxygen atoms in total. The predicted molar refractivity (Wildman–Crippen MR) is 247 cm³/mol. The third kappa shape index (κ3) is 32.8. The number of ether oxygens (including phenoxy) is 3. The van der Waals surface area contributed by atoms with E-state index < -0.39 is 6.10 Å². The van der Waals surface area contributed by atoms with Crippen LogP contribution in [0.5, 0.6) is 0 Å². The summed E-state index contributed by atoms with van der Waals surface area (Å²) in [6.07, 6.45) is 30.3. The smallest absolute Gasteiger partial charge is 0.306 e. The van der Waals surface area contributed by atoms with Crippen molar-refractivity contribution >= 4 is 29.5 Å². The van der Waals surface area contributed by atoms with Crippen molar-refractivity contribution in [3.8, 4) is 0 Å². The van der Waals surface area contributed by atoms with Crippen molar-refractivity contribution < 1.29 is 38.2 Å².